The number of amides is 1. The summed E-state index contributed by atoms with van der Waals surface area (Å²) in [6.45, 7) is 1.45. The van der Waals surface area contributed by atoms with Gasteiger partial charge in [-0.05, 0) is 23.8 Å². The van der Waals surface area contributed by atoms with Crippen LogP contribution in [0.2, 0.25) is 0 Å². The second-order valence-corrected chi connectivity index (χ2v) is 8.42. The number of hydrazone groups is 1. The fraction of sp³-hybridized carbons (Fsp3) is 0.300. The summed E-state index contributed by atoms with van der Waals surface area (Å²) < 4.78 is 36.4. The number of rotatable bonds is 6. The average Bonchev–Trinajstić information content (AvgIpc) is 3.11. The molecule has 0 aromatic heterocycles. The van der Waals surface area contributed by atoms with Crippen molar-refractivity contribution in [2.75, 3.05) is 25.2 Å². The molecule has 0 saturated carbocycles. The number of carbonyl (C=O) groups excluding carboxylic acids is 1. The van der Waals surface area contributed by atoms with E-state index in [0.29, 0.717) is 29.3 Å². The Balaban J connectivity index is 1.99. The summed E-state index contributed by atoms with van der Waals surface area (Å²) in [7, 11) is -0.288. The maximum Gasteiger partial charge on any atom is 0.240 e. The molecule has 3 rings (SSSR count). The van der Waals surface area contributed by atoms with Crippen molar-refractivity contribution in [1.29, 1.82) is 0 Å². The van der Waals surface area contributed by atoms with Gasteiger partial charge in [-0.2, -0.15) is 5.10 Å². The molecular weight excluding hydrogens is 394 g/mol. The van der Waals surface area contributed by atoms with Crippen molar-refractivity contribution < 1.29 is 22.7 Å². The van der Waals surface area contributed by atoms with Gasteiger partial charge in [0.1, 0.15) is 0 Å². The minimum atomic E-state index is -3.40. The molecular formula is C20H23N3O5S. The number of nitrogens with zero attached hydrogens (tertiary/aromatic N) is 2. The van der Waals surface area contributed by atoms with E-state index in [1.54, 1.807) is 38.5 Å². The Morgan fingerprint density at radius 1 is 1.17 bits per heavy atom. The lowest BCUT2D eigenvalue weighted by Gasteiger charge is -2.23. The summed E-state index contributed by atoms with van der Waals surface area (Å²) >= 11 is 0. The van der Waals surface area contributed by atoms with Crippen LogP contribution >= 0.6 is 0 Å². The van der Waals surface area contributed by atoms with Gasteiger partial charge in [-0.15, -0.1) is 0 Å². The van der Waals surface area contributed by atoms with E-state index >= 15 is 0 Å². The highest BCUT2D eigenvalue weighted by atomic mass is 32.2. The van der Waals surface area contributed by atoms with Crippen LogP contribution in [0.4, 0.5) is 5.69 Å². The fourth-order valence-electron chi connectivity index (χ4n) is 3.37. The summed E-state index contributed by atoms with van der Waals surface area (Å²) in [6, 6.07) is 12.1. The molecule has 8 nitrogen and oxygen atoms in total. The molecule has 0 unspecified atom stereocenters. The number of sulfonamides is 1. The van der Waals surface area contributed by atoms with Gasteiger partial charge >= 0.3 is 0 Å². The minimum Gasteiger partial charge on any atom is -0.493 e. The highest BCUT2D eigenvalue weighted by Gasteiger charge is 2.34. The zero-order chi connectivity index (χ0) is 21.2. The van der Waals surface area contributed by atoms with Crippen LogP contribution in [0.15, 0.2) is 47.6 Å². The van der Waals surface area contributed by atoms with Crippen molar-refractivity contribution in [3.8, 4) is 11.5 Å². The van der Waals surface area contributed by atoms with Gasteiger partial charge in [0.25, 0.3) is 0 Å². The number of nitrogens with one attached hydrogen (secondary N) is 1. The van der Waals surface area contributed by atoms with E-state index < -0.39 is 10.0 Å². The molecule has 1 aliphatic rings. The first-order valence-electron chi connectivity index (χ1n) is 8.90. The summed E-state index contributed by atoms with van der Waals surface area (Å²) in [5.74, 6) is 0.914. The minimum absolute atomic E-state index is 0.208. The lowest BCUT2D eigenvalue weighted by Crippen LogP contribution is -2.24. The van der Waals surface area contributed by atoms with Gasteiger partial charge in [0.15, 0.2) is 11.5 Å². The molecule has 154 valence electrons. The van der Waals surface area contributed by atoms with E-state index in [0.717, 1.165) is 17.4 Å². The Hall–Kier alpha value is -3.07. The number of para-hydroxylation sites is 1. The third-order valence-electron chi connectivity index (χ3n) is 4.52. The fourth-order valence-corrected chi connectivity index (χ4v) is 3.92. The number of hydrogen-bond acceptors (Lipinski definition) is 6. The van der Waals surface area contributed by atoms with Gasteiger partial charge in [-0.1, -0.05) is 24.3 Å². The third-order valence-corrected chi connectivity index (χ3v) is 5.13. The van der Waals surface area contributed by atoms with Gasteiger partial charge in [-0.25, -0.2) is 13.4 Å². The van der Waals surface area contributed by atoms with Crippen LogP contribution in [0.1, 0.15) is 30.5 Å². The molecule has 2 aromatic carbocycles. The average molecular weight is 417 g/mol. The maximum atomic E-state index is 12.3. The van der Waals surface area contributed by atoms with E-state index in [9.17, 15) is 13.2 Å². The van der Waals surface area contributed by atoms with Crippen molar-refractivity contribution >= 4 is 27.3 Å². The Labute approximate surface area is 170 Å². The molecule has 0 fully saturated rings. The number of benzene rings is 2. The SMILES string of the molecule is COc1cccc([C@@H]2CC(c3cccc(NS(C)(=O)=O)c3)=NN2C(C)=O)c1OC. The van der Waals surface area contributed by atoms with Gasteiger partial charge in [0, 0.05) is 24.6 Å². The normalized spacial score (nSPS) is 16.3. The summed E-state index contributed by atoms with van der Waals surface area (Å²) in [5, 5.41) is 5.93. The van der Waals surface area contributed by atoms with E-state index in [1.165, 1.54) is 11.9 Å². The van der Waals surface area contributed by atoms with E-state index in [-0.39, 0.29) is 11.9 Å². The Bertz CT molecular complexity index is 1070. The number of hydrogen-bond donors (Lipinski definition) is 1. The Morgan fingerprint density at radius 2 is 1.90 bits per heavy atom. The predicted octanol–water partition coefficient (Wildman–Crippen LogP) is 2.77. The molecule has 1 atom stereocenters. The Morgan fingerprint density at radius 3 is 2.52 bits per heavy atom. The molecule has 0 saturated heterocycles. The van der Waals surface area contributed by atoms with E-state index in [2.05, 4.69) is 9.82 Å². The molecule has 1 heterocycles. The molecule has 1 amide bonds. The van der Waals surface area contributed by atoms with Crippen molar-refractivity contribution in [3.05, 3.63) is 53.6 Å². The van der Waals surface area contributed by atoms with Crippen molar-refractivity contribution in [2.45, 2.75) is 19.4 Å². The molecule has 29 heavy (non-hydrogen) atoms. The van der Waals surface area contributed by atoms with Crippen LogP contribution < -0.4 is 14.2 Å². The molecule has 0 aliphatic carbocycles. The summed E-state index contributed by atoms with van der Waals surface area (Å²) in [6.07, 6.45) is 1.54. The smallest absolute Gasteiger partial charge is 0.240 e. The van der Waals surface area contributed by atoms with Crippen molar-refractivity contribution in [2.24, 2.45) is 5.10 Å². The van der Waals surface area contributed by atoms with E-state index in [4.69, 9.17) is 9.47 Å². The topological polar surface area (TPSA) is 97.3 Å². The number of methoxy groups -OCH3 is 2. The second kappa shape index (κ2) is 8.12. The summed E-state index contributed by atoms with van der Waals surface area (Å²) in [5.41, 5.74) is 2.62. The van der Waals surface area contributed by atoms with Crippen LogP contribution in [0.25, 0.3) is 0 Å². The molecule has 0 bridgehead atoms. The molecule has 2 aromatic rings. The van der Waals surface area contributed by atoms with Crippen LogP contribution in [0.3, 0.4) is 0 Å². The summed E-state index contributed by atoms with van der Waals surface area (Å²) in [4.78, 5) is 12.3. The van der Waals surface area contributed by atoms with E-state index in [1.807, 2.05) is 18.2 Å². The number of ether oxygens (including phenoxy) is 2. The first kappa shape index (κ1) is 20.7. The number of anilines is 1. The highest BCUT2D eigenvalue weighted by Crippen LogP contribution is 2.41. The van der Waals surface area contributed by atoms with Gasteiger partial charge in [0.05, 0.1) is 32.2 Å². The van der Waals surface area contributed by atoms with Gasteiger partial charge in [0.2, 0.25) is 15.9 Å². The molecule has 9 heteroatoms. The van der Waals surface area contributed by atoms with Gasteiger partial charge in [-0.3, -0.25) is 9.52 Å². The molecule has 1 N–H and O–H groups in total. The quantitative estimate of drug-likeness (QED) is 0.779. The zero-order valence-corrected chi connectivity index (χ0v) is 17.5. The van der Waals surface area contributed by atoms with Crippen molar-refractivity contribution in [1.82, 2.24) is 5.01 Å². The van der Waals surface area contributed by atoms with Crippen LogP contribution in [-0.2, 0) is 14.8 Å². The highest BCUT2D eigenvalue weighted by molar-refractivity contribution is 7.92. The lowest BCUT2D eigenvalue weighted by atomic mass is 9.97. The standard InChI is InChI=1S/C20H23N3O5S/c1-13(24)23-18(16-9-6-10-19(27-2)20(16)28-3)12-17(21-23)14-7-5-8-15(11-14)22-29(4,25)26/h5-11,18,22H,12H2,1-4H3/t18-/m0/s1. The van der Waals surface area contributed by atoms with Crippen molar-refractivity contribution in [3.63, 3.8) is 0 Å². The first-order chi connectivity index (χ1) is 13.7. The number of carbonyl (C=O) groups is 1. The first-order valence-corrected chi connectivity index (χ1v) is 10.8. The molecule has 0 spiro atoms. The Kier molecular flexibility index (Phi) is 5.78. The largest absolute Gasteiger partial charge is 0.493 e. The third kappa shape index (κ3) is 4.51. The second-order valence-electron chi connectivity index (χ2n) is 6.67. The predicted molar refractivity (Wildman–Crippen MR) is 111 cm³/mol. The maximum absolute atomic E-state index is 12.3. The zero-order valence-electron chi connectivity index (χ0n) is 16.7. The lowest BCUT2D eigenvalue weighted by molar-refractivity contribution is -0.130. The molecule has 1 aliphatic heterocycles. The van der Waals surface area contributed by atoms with Gasteiger partial charge < -0.3 is 9.47 Å². The van der Waals surface area contributed by atoms with Crippen LogP contribution in [-0.4, -0.2) is 45.5 Å². The molecule has 0 radical (unpaired) electrons. The monoisotopic (exact) mass is 417 g/mol. The van der Waals surface area contributed by atoms with Crippen LogP contribution in [0, 0.1) is 0 Å². The van der Waals surface area contributed by atoms with Crippen LogP contribution in [0.5, 0.6) is 11.5 Å².